The topological polar surface area (TPSA) is 17.1 Å². The molecular formula is C11H11F3O. The quantitative estimate of drug-likeness (QED) is 0.557. The summed E-state index contributed by atoms with van der Waals surface area (Å²) < 4.78 is 36.9. The predicted octanol–water partition coefficient (Wildman–Crippen LogP) is 3.23. The lowest BCUT2D eigenvalue weighted by Gasteiger charge is -2.08. The van der Waals surface area contributed by atoms with Crippen LogP contribution in [0.1, 0.15) is 24.0 Å². The summed E-state index contributed by atoms with van der Waals surface area (Å²) in [5.41, 5.74) is -0.0159. The van der Waals surface area contributed by atoms with Crippen molar-refractivity contribution in [3.8, 4) is 0 Å². The van der Waals surface area contributed by atoms with Crippen LogP contribution in [0.2, 0.25) is 0 Å². The van der Waals surface area contributed by atoms with Crippen LogP contribution in [-0.2, 0) is 17.4 Å². The Morgan fingerprint density at radius 2 is 2.00 bits per heavy atom. The number of benzene rings is 1. The number of aldehydes is 1. The highest BCUT2D eigenvalue weighted by Crippen LogP contribution is 2.29. The van der Waals surface area contributed by atoms with E-state index in [4.69, 9.17) is 0 Å². The van der Waals surface area contributed by atoms with Crippen LogP contribution in [0.3, 0.4) is 0 Å². The summed E-state index contributed by atoms with van der Waals surface area (Å²) in [6.45, 7) is 0. The first-order valence-electron chi connectivity index (χ1n) is 4.64. The molecule has 0 spiro atoms. The van der Waals surface area contributed by atoms with Crippen molar-refractivity contribution in [2.75, 3.05) is 0 Å². The Morgan fingerprint density at radius 1 is 1.27 bits per heavy atom. The van der Waals surface area contributed by atoms with Crippen molar-refractivity contribution in [3.63, 3.8) is 0 Å². The third kappa shape index (κ3) is 3.73. The van der Waals surface area contributed by atoms with E-state index in [1.54, 1.807) is 6.07 Å². The third-order valence-corrected chi connectivity index (χ3v) is 2.04. The van der Waals surface area contributed by atoms with Gasteiger partial charge in [-0.15, -0.1) is 0 Å². The Labute approximate surface area is 85.9 Å². The third-order valence-electron chi connectivity index (χ3n) is 2.04. The number of carbonyl (C=O) groups excluding carboxylic acids is 1. The van der Waals surface area contributed by atoms with Gasteiger partial charge < -0.3 is 4.79 Å². The Bertz CT molecular complexity index is 331. The van der Waals surface area contributed by atoms with Crippen molar-refractivity contribution in [2.45, 2.75) is 25.4 Å². The van der Waals surface area contributed by atoms with Gasteiger partial charge >= 0.3 is 6.18 Å². The van der Waals surface area contributed by atoms with E-state index in [1.165, 1.54) is 6.07 Å². The fraction of sp³-hybridized carbons (Fsp3) is 0.364. The second-order valence-corrected chi connectivity index (χ2v) is 3.26. The van der Waals surface area contributed by atoms with E-state index in [1.807, 2.05) is 0 Å². The van der Waals surface area contributed by atoms with Crippen LogP contribution in [-0.4, -0.2) is 6.29 Å². The van der Waals surface area contributed by atoms with Gasteiger partial charge in [0.1, 0.15) is 6.29 Å². The van der Waals surface area contributed by atoms with Gasteiger partial charge in [-0.05, 0) is 24.5 Å². The summed E-state index contributed by atoms with van der Waals surface area (Å²) in [6, 6.07) is 5.20. The number of carbonyl (C=O) groups is 1. The van der Waals surface area contributed by atoms with E-state index in [-0.39, 0.29) is 0 Å². The Kier molecular flexibility index (Phi) is 3.88. The van der Waals surface area contributed by atoms with Crippen molar-refractivity contribution in [1.29, 1.82) is 0 Å². The molecule has 0 bridgehead atoms. The second kappa shape index (κ2) is 4.96. The summed E-state index contributed by atoms with van der Waals surface area (Å²) in [5, 5.41) is 0. The lowest BCUT2D eigenvalue weighted by Crippen LogP contribution is -2.05. The molecule has 0 aromatic heterocycles. The molecule has 0 saturated carbocycles. The standard InChI is InChI=1S/C11H11F3O/c12-11(13,14)10-6-3-5-9(8-10)4-1-2-7-15/h3,5-8H,1-2,4H2. The van der Waals surface area contributed by atoms with E-state index >= 15 is 0 Å². The molecule has 0 N–H and O–H groups in total. The maximum atomic E-state index is 12.3. The zero-order valence-electron chi connectivity index (χ0n) is 8.05. The van der Waals surface area contributed by atoms with E-state index < -0.39 is 11.7 Å². The van der Waals surface area contributed by atoms with Gasteiger partial charge in [-0.25, -0.2) is 0 Å². The molecule has 82 valence electrons. The summed E-state index contributed by atoms with van der Waals surface area (Å²) in [5.74, 6) is 0. The van der Waals surface area contributed by atoms with Crippen LogP contribution in [0.15, 0.2) is 24.3 Å². The molecule has 0 fully saturated rings. The minimum absolute atomic E-state index is 0.385. The molecule has 0 atom stereocenters. The average Bonchev–Trinajstić information content (AvgIpc) is 2.17. The minimum Gasteiger partial charge on any atom is -0.303 e. The van der Waals surface area contributed by atoms with Crippen LogP contribution in [0, 0.1) is 0 Å². The smallest absolute Gasteiger partial charge is 0.303 e. The molecule has 4 heteroatoms. The fourth-order valence-corrected chi connectivity index (χ4v) is 1.29. The molecule has 0 unspecified atom stereocenters. The molecule has 15 heavy (non-hydrogen) atoms. The normalized spacial score (nSPS) is 11.4. The minimum atomic E-state index is -4.29. The second-order valence-electron chi connectivity index (χ2n) is 3.26. The van der Waals surface area contributed by atoms with E-state index in [0.29, 0.717) is 24.8 Å². The summed E-state index contributed by atoms with van der Waals surface area (Å²) in [7, 11) is 0. The molecule has 1 nitrogen and oxygen atoms in total. The Balaban J connectivity index is 2.70. The molecule has 1 aromatic carbocycles. The monoisotopic (exact) mass is 216 g/mol. The Hall–Kier alpha value is -1.32. The molecule has 0 aliphatic heterocycles. The summed E-state index contributed by atoms with van der Waals surface area (Å²) >= 11 is 0. The number of hydrogen-bond donors (Lipinski definition) is 0. The van der Waals surface area contributed by atoms with Gasteiger partial charge in [0.2, 0.25) is 0 Å². The predicted molar refractivity (Wildman–Crippen MR) is 50.4 cm³/mol. The number of alkyl halides is 3. The van der Waals surface area contributed by atoms with E-state index in [0.717, 1.165) is 18.4 Å². The highest BCUT2D eigenvalue weighted by Gasteiger charge is 2.30. The van der Waals surface area contributed by atoms with Gasteiger partial charge in [0.15, 0.2) is 0 Å². The zero-order valence-corrected chi connectivity index (χ0v) is 8.05. The first-order valence-corrected chi connectivity index (χ1v) is 4.64. The van der Waals surface area contributed by atoms with Crippen molar-refractivity contribution < 1.29 is 18.0 Å². The molecule has 1 aromatic rings. The lowest BCUT2D eigenvalue weighted by molar-refractivity contribution is -0.137. The van der Waals surface area contributed by atoms with Crippen molar-refractivity contribution in [2.24, 2.45) is 0 Å². The van der Waals surface area contributed by atoms with Gasteiger partial charge in [0, 0.05) is 6.42 Å². The van der Waals surface area contributed by atoms with Crippen LogP contribution >= 0.6 is 0 Å². The molecule has 0 radical (unpaired) electrons. The molecule has 0 aliphatic rings. The molecule has 0 heterocycles. The molecule has 0 aliphatic carbocycles. The van der Waals surface area contributed by atoms with Gasteiger partial charge in [-0.3, -0.25) is 0 Å². The van der Waals surface area contributed by atoms with Crippen molar-refractivity contribution in [1.82, 2.24) is 0 Å². The summed E-state index contributed by atoms with van der Waals surface area (Å²) in [6.07, 6.45) is -2.04. The van der Waals surface area contributed by atoms with Crippen molar-refractivity contribution >= 4 is 6.29 Å². The molecule has 1 rings (SSSR count). The average molecular weight is 216 g/mol. The Morgan fingerprint density at radius 3 is 2.60 bits per heavy atom. The maximum absolute atomic E-state index is 12.3. The lowest BCUT2D eigenvalue weighted by atomic mass is 10.1. The number of aryl methyl sites for hydroxylation is 1. The van der Waals surface area contributed by atoms with Gasteiger partial charge in [-0.2, -0.15) is 13.2 Å². The fourth-order valence-electron chi connectivity index (χ4n) is 1.29. The largest absolute Gasteiger partial charge is 0.416 e. The number of hydrogen-bond acceptors (Lipinski definition) is 1. The van der Waals surface area contributed by atoms with Crippen LogP contribution in [0.5, 0.6) is 0 Å². The number of unbranched alkanes of at least 4 members (excludes halogenated alkanes) is 1. The van der Waals surface area contributed by atoms with Gasteiger partial charge in [-0.1, -0.05) is 18.2 Å². The van der Waals surface area contributed by atoms with Crippen LogP contribution in [0.25, 0.3) is 0 Å². The SMILES string of the molecule is O=CCCCc1cccc(C(F)(F)F)c1. The number of rotatable bonds is 4. The molecular weight excluding hydrogens is 205 g/mol. The highest BCUT2D eigenvalue weighted by molar-refractivity contribution is 5.49. The zero-order chi connectivity index (χ0) is 11.3. The molecule has 0 amide bonds. The van der Waals surface area contributed by atoms with E-state index in [9.17, 15) is 18.0 Å². The van der Waals surface area contributed by atoms with Gasteiger partial charge in [0.05, 0.1) is 5.56 Å². The van der Waals surface area contributed by atoms with Crippen molar-refractivity contribution in [3.05, 3.63) is 35.4 Å². The van der Waals surface area contributed by atoms with E-state index in [2.05, 4.69) is 0 Å². The van der Waals surface area contributed by atoms with Crippen LogP contribution in [0.4, 0.5) is 13.2 Å². The first kappa shape index (κ1) is 11.8. The number of halogens is 3. The highest BCUT2D eigenvalue weighted by atomic mass is 19.4. The molecule has 0 saturated heterocycles. The van der Waals surface area contributed by atoms with Crippen LogP contribution < -0.4 is 0 Å². The summed E-state index contributed by atoms with van der Waals surface area (Å²) in [4.78, 5) is 10.0. The first-order chi connectivity index (χ1) is 7.04. The maximum Gasteiger partial charge on any atom is 0.416 e. The van der Waals surface area contributed by atoms with Gasteiger partial charge in [0.25, 0.3) is 0 Å².